The second-order valence-corrected chi connectivity index (χ2v) is 5.40. The monoisotopic (exact) mass is 258 g/mol. The molecule has 3 heteroatoms. The molecule has 0 aliphatic heterocycles. The largest absolute Gasteiger partial charge is 0.339 e. The standard InChI is InChI=1S/C16H22N2O/c1-13-6-3-4-8-15(13)18(2)16(19)10-9-14-7-5-11-17-12-14/h5,7,9-13,15H,3-4,6,8H2,1-2H3/b10-9+. The van der Waals surface area contributed by atoms with Crippen molar-refractivity contribution in [1.29, 1.82) is 0 Å². The molecule has 19 heavy (non-hydrogen) atoms. The predicted molar refractivity (Wildman–Crippen MR) is 77.5 cm³/mol. The molecule has 1 aliphatic carbocycles. The Labute approximate surface area is 115 Å². The van der Waals surface area contributed by atoms with Crippen LogP contribution in [0.15, 0.2) is 30.6 Å². The van der Waals surface area contributed by atoms with Crippen molar-refractivity contribution in [1.82, 2.24) is 9.88 Å². The third kappa shape index (κ3) is 3.66. The van der Waals surface area contributed by atoms with Crippen LogP contribution in [0.4, 0.5) is 0 Å². The SMILES string of the molecule is CC1CCCCC1N(C)C(=O)/C=C/c1cccnc1. The summed E-state index contributed by atoms with van der Waals surface area (Å²) in [5, 5.41) is 0. The lowest BCUT2D eigenvalue weighted by Gasteiger charge is -2.35. The molecule has 0 bridgehead atoms. The van der Waals surface area contributed by atoms with Gasteiger partial charge < -0.3 is 4.90 Å². The maximum atomic E-state index is 12.2. The third-order valence-corrected chi connectivity index (χ3v) is 4.01. The van der Waals surface area contributed by atoms with Crippen LogP contribution in [0.5, 0.6) is 0 Å². The number of carbonyl (C=O) groups excluding carboxylic acids is 1. The van der Waals surface area contributed by atoms with E-state index in [4.69, 9.17) is 0 Å². The second kappa shape index (κ2) is 6.50. The Balaban J connectivity index is 1.97. The minimum absolute atomic E-state index is 0.0857. The molecule has 0 N–H and O–H groups in total. The van der Waals surface area contributed by atoms with Crippen LogP contribution in [0.2, 0.25) is 0 Å². The van der Waals surface area contributed by atoms with Gasteiger partial charge >= 0.3 is 0 Å². The van der Waals surface area contributed by atoms with Crippen LogP contribution in [0, 0.1) is 5.92 Å². The van der Waals surface area contributed by atoms with E-state index in [-0.39, 0.29) is 5.91 Å². The Morgan fingerprint density at radius 1 is 1.42 bits per heavy atom. The molecule has 3 nitrogen and oxygen atoms in total. The zero-order chi connectivity index (χ0) is 13.7. The van der Waals surface area contributed by atoms with Gasteiger partial charge in [-0.3, -0.25) is 9.78 Å². The molecule has 1 aromatic rings. The van der Waals surface area contributed by atoms with Gasteiger partial charge in [0.2, 0.25) is 5.91 Å². The van der Waals surface area contributed by atoms with Crippen LogP contribution in [0.3, 0.4) is 0 Å². The summed E-state index contributed by atoms with van der Waals surface area (Å²) in [5.41, 5.74) is 0.959. The number of carbonyl (C=O) groups is 1. The fraction of sp³-hybridized carbons (Fsp3) is 0.500. The highest BCUT2D eigenvalue weighted by Crippen LogP contribution is 2.27. The smallest absolute Gasteiger partial charge is 0.246 e. The molecule has 1 fully saturated rings. The maximum Gasteiger partial charge on any atom is 0.246 e. The van der Waals surface area contributed by atoms with Crippen LogP contribution < -0.4 is 0 Å². The lowest BCUT2D eigenvalue weighted by atomic mass is 9.85. The van der Waals surface area contributed by atoms with Gasteiger partial charge in [0.05, 0.1) is 0 Å². The van der Waals surface area contributed by atoms with Gasteiger partial charge in [-0.25, -0.2) is 0 Å². The van der Waals surface area contributed by atoms with Crippen molar-refractivity contribution in [3.8, 4) is 0 Å². The summed E-state index contributed by atoms with van der Waals surface area (Å²) >= 11 is 0. The Kier molecular flexibility index (Phi) is 4.72. The van der Waals surface area contributed by atoms with Gasteiger partial charge in [-0.05, 0) is 36.5 Å². The van der Waals surface area contributed by atoms with E-state index >= 15 is 0 Å². The summed E-state index contributed by atoms with van der Waals surface area (Å²) in [6, 6.07) is 4.21. The summed E-state index contributed by atoms with van der Waals surface area (Å²) < 4.78 is 0. The Hall–Kier alpha value is -1.64. The molecule has 1 aliphatic rings. The summed E-state index contributed by atoms with van der Waals surface area (Å²) in [7, 11) is 1.92. The predicted octanol–water partition coefficient (Wildman–Crippen LogP) is 3.13. The molecule has 2 rings (SSSR count). The molecule has 2 unspecified atom stereocenters. The van der Waals surface area contributed by atoms with Crippen LogP contribution in [-0.2, 0) is 4.79 Å². The Bertz CT molecular complexity index is 441. The highest BCUT2D eigenvalue weighted by atomic mass is 16.2. The van der Waals surface area contributed by atoms with Crippen molar-refractivity contribution in [2.75, 3.05) is 7.05 Å². The molecular formula is C16H22N2O. The quantitative estimate of drug-likeness (QED) is 0.780. The number of nitrogens with zero attached hydrogens (tertiary/aromatic N) is 2. The molecule has 1 aromatic heterocycles. The lowest BCUT2D eigenvalue weighted by molar-refractivity contribution is -0.128. The van der Waals surface area contributed by atoms with Gasteiger partial charge in [0.1, 0.15) is 0 Å². The summed E-state index contributed by atoms with van der Waals surface area (Å²) in [6.45, 7) is 2.25. The van der Waals surface area contributed by atoms with Crippen molar-refractivity contribution >= 4 is 12.0 Å². The summed E-state index contributed by atoms with van der Waals surface area (Å²) in [5.74, 6) is 0.692. The molecule has 0 spiro atoms. The van der Waals surface area contributed by atoms with Crippen LogP contribution in [0.1, 0.15) is 38.2 Å². The van der Waals surface area contributed by atoms with Crippen LogP contribution in [0.25, 0.3) is 6.08 Å². The first-order valence-electron chi connectivity index (χ1n) is 7.03. The number of hydrogen-bond acceptors (Lipinski definition) is 2. The normalized spacial score (nSPS) is 23.5. The highest BCUT2D eigenvalue weighted by Gasteiger charge is 2.26. The number of likely N-dealkylation sites (N-methyl/N-ethyl adjacent to an activating group) is 1. The average Bonchev–Trinajstić information content (AvgIpc) is 2.45. The van der Waals surface area contributed by atoms with Crippen LogP contribution >= 0.6 is 0 Å². The van der Waals surface area contributed by atoms with Gasteiger partial charge in [-0.1, -0.05) is 25.8 Å². The minimum atomic E-state index is 0.0857. The van der Waals surface area contributed by atoms with E-state index in [2.05, 4.69) is 11.9 Å². The zero-order valence-electron chi connectivity index (χ0n) is 11.7. The number of hydrogen-bond donors (Lipinski definition) is 0. The molecule has 1 amide bonds. The van der Waals surface area contributed by atoms with Gasteiger partial charge in [0.25, 0.3) is 0 Å². The first kappa shape index (κ1) is 13.8. The van der Waals surface area contributed by atoms with Gasteiger partial charge in [0.15, 0.2) is 0 Å². The highest BCUT2D eigenvalue weighted by molar-refractivity contribution is 5.91. The van der Waals surface area contributed by atoms with Crippen molar-refractivity contribution in [3.63, 3.8) is 0 Å². The number of amides is 1. The zero-order valence-corrected chi connectivity index (χ0v) is 11.7. The molecule has 0 saturated heterocycles. The van der Waals surface area contributed by atoms with E-state index in [0.29, 0.717) is 12.0 Å². The molecule has 2 atom stereocenters. The van der Waals surface area contributed by atoms with Crippen molar-refractivity contribution in [2.24, 2.45) is 5.92 Å². The van der Waals surface area contributed by atoms with Gasteiger partial charge in [-0.2, -0.15) is 0 Å². The lowest BCUT2D eigenvalue weighted by Crippen LogP contribution is -2.41. The van der Waals surface area contributed by atoms with E-state index in [1.54, 1.807) is 18.5 Å². The van der Waals surface area contributed by atoms with Crippen LogP contribution in [-0.4, -0.2) is 28.9 Å². The number of rotatable bonds is 3. The van der Waals surface area contributed by atoms with E-state index < -0.39 is 0 Å². The maximum absolute atomic E-state index is 12.2. The van der Waals surface area contributed by atoms with E-state index in [1.165, 1.54) is 19.3 Å². The van der Waals surface area contributed by atoms with E-state index in [9.17, 15) is 4.79 Å². The van der Waals surface area contributed by atoms with E-state index in [1.807, 2.05) is 30.2 Å². The number of aromatic nitrogens is 1. The summed E-state index contributed by atoms with van der Waals surface area (Å²) in [6.07, 6.45) is 11.9. The molecule has 0 aromatic carbocycles. The fourth-order valence-electron chi connectivity index (χ4n) is 2.80. The first-order valence-corrected chi connectivity index (χ1v) is 7.03. The molecule has 102 valence electrons. The first-order chi connectivity index (χ1) is 9.18. The Morgan fingerprint density at radius 3 is 2.89 bits per heavy atom. The molecular weight excluding hydrogens is 236 g/mol. The van der Waals surface area contributed by atoms with Crippen molar-refractivity contribution < 1.29 is 4.79 Å². The van der Waals surface area contributed by atoms with Crippen molar-refractivity contribution in [2.45, 2.75) is 38.6 Å². The molecule has 1 heterocycles. The summed E-state index contributed by atoms with van der Waals surface area (Å²) in [4.78, 5) is 18.1. The molecule has 1 saturated carbocycles. The fourth-order valence-corrected chi connectivity index (χ4v) is 2.80. The van der Waals surface area contributed by atoms with Gasteiger partial charge in [-0.15, -0.1) is 0 Å². The average molecular weight is 258 g/mol. The minimum Gasteiger partial charge on any atom is -0.339 e. The second-order valence-electron chi connectivity index (χ2n) is 5.40. The topological polar surface area (TPSA) is 33.2 Å². The third-order valence-electron chi connectivity index (χ3n) is 4.01. The number of pyridine rings is 1. The van der Waals surface area contributed by atoms with Gasteiger partial charge in [0, 0.05) is 31.6 Å². The Morgan fingerprint density at radius 2 is 2.21 bits per heavy atom. The van der Waals surface area contributed by atoms with E-state index in [0.717, 1.165) is 12.0 Å². The van der Waals surface area contributed by atoms with Crippen molar-refractivity contribution in [3.05, 3.63) is 36.2 Å². The molecule has 0 radical (unpaired) electrons.